The second kappa shape index (κ2) is 11.5. The zero-order valence-corrected chi connectivity index (χ0v) is 20.5. The van der Waals surface area contributed by atoms with Gasteiger partial charge in [0.25, 0.3) is 5.56 Å². The van der Waals surface area contributed by atoms with Crippen LogP contribution in [0.2, 0.25) is 0 Å². The highest BCUT2D eigenvalue weighted by Crippen LogP contribution is 2.66. The fourth-order valence-corrected chi connectivity index (χ4v) is 5.75. The van der Waals surface area contributed by atoms with E-state index in [1.807, 2.05) is 4.98 Å². The van der Waals surface area contributed by atoms with Gasteiger partial charge < -0.3 is 29.4 Å². The number of hydrogen-bond acceptors (Lipinski definition) is 10. The molecular formula is C16H21N2O14P3. The fraction of sp³-hybridized carbons (Fsp3) is 0.500. The summed E-state index contributed by atoms with van der Waals surface area (Å²) in [6.07, 6.45) is 2.47. The third-order valence-electron chi connectivity index (χ3n) is 4.18. The van der Waals surface area contributed by atoms with Crippen LogP contribution in [0.5, 0.6) is 0 Å². The van der Waals surface area contributed by atoms with Crippen molar-refractivity contribution in [3.05, 3.63) is 32.6 Å². The molecule has 1 saturated heterocycles. The Kier molecular flexibility index (Phi) is 9.61. The lowest BCUT2D eigenvalue weighted by Gasteiger charge is -2.19. The Morgan fingerprint density at radius 2 is 1.89 bits per heavy atom. The van der Waals surface area contributed by atoms with Crippen molar-refractivity contribution in [2.75, 3.05) is 6.61 Å². The van der Waals surface area contributed by atoms with Crippen molar-refractivity contribution in [2.24, 2.45) is 5.92 Å². The Hall–Kier alpha value is -1.87. The molecule has 16 nitrogen and oxygen atoms in total. The third-order valence-corrected chi connectivity index (χ3v) is 7.98. The number of nitrogens with zero attached hydrogens (tertiary/aromatic N) is 1. The van der Waals surface area contributed by atoms with Gasteiger partial charge in [-0.3, -0.25) is 18.9 Å². The van der Waals surface area contributed by atoms with E-state index >= 15 is 0 Å². The molecule has 1 fully saturated rings. The molecule has 1 aliphatic heterocycles. The van der Waals surface area contributed by atoms with E-state index in [9.17, 15) is 33.3 Å². The van der Waals surface area contributed by atoms with Gasteiger partial charge in [0.1, 0.15) is 17.9 Å². The zero-order chi connectivity index (χ0) is 26.6. The van der Waals surface area contributed by atoms with Gasteiger partial charge in [-0.15, -0.1) is 12.3 Å². The third kappa shape index (κ3) is 9.26. The SMILES string of the molecule is C#CCC(C)C#Cc1cn([C@H]2CC(O)[C@@H](COP(=O)(O)OP(=O)(O)OP(=O)(O)O)O2)c(=O)[nH]c1=O. The van der Waals surface area contributed by atoms with Gasteiger partial charge >= 0.3 is 29.2 Å². The van der Waals surface area contributed by atoms with Crippen molar-refractivity contribution in [1.29, 1.82) is 0 Å². The first-order valence-corrected chi connectivity index (χ1v) is 14.0. The van der Waals surface area contributed by atoms with Gasteiger partial charge in [-0.25, -0.2) is 18.5 Å². The topological polar surface area (TPSA) is 244 Å². The smallest absolute Gasteiger partial charge is 0.390 e. The molecule has 1 aliphatic rings. The number of rotatable bonds is 9. The van der Waals surface area contributed by atoms with Crippen LogP contribution in [0.4, 0.5) is 0 Å². The van der Waals surface area contributed by atoms with Gasteiger partial charge in [0.2, 0.25) is 0 Å². The maximum absolute atomic E-state index is 12.2. The number of aliphatic hydroxyl groups is 1. The highest BCUT2D eigenvalue weighted by atomic mass is 31.3. The standard InChI is InChI=1S/C16H21N2O14P3/c1-3-4-10(2)5-6-11-8-18(16(21)17-15(11)20)14-7-12(19)13(30-14)9-29-34(25,26)32-35(27,28)31-33(22,23)24/h1,8,10,12-14,19H,4,7,9H2,2H3,(H,25,26)(H,27,28)(H,17,20,21)(H2,22,23,24)/t10?,12?,13-,14-/m1/s1. The molecule has 194 valence electrons. The normalized spacial score (nSPS) is 24.4. The number of aromatic amines is 1. The summed E-state index contributed by atoms with van der Waals surface area (Å²) in [5.41, 5.74) is -1.76. The van der Waals surface area contributed by atoms with Crippen molar-refractivity contribution in [3.8, 4) is 24.2 Å². The van der Waals surface area contributed by atoms with E-state index in [-0.39, 0.29) is 17.9 Å². The summed E-state index contributed by atoms with van der Waals surface area (Å²) in [5, 5.41) is 10.2. The van der Waals surface area contributed by atoms with Crippen LogP contribution in [-0.2, 0) is 31.6 Å². The zero-order valence-electron chi connectivity index (χ0n) is 17.8. The van der Waals surface area contributed by atoms with Crippen LogP contribution in [0, 0.1) is 30.1 Å². The number of nitrogens with one attached hydrogen (secondary N) is 1. The maximum atomic E-state index is 12.2. The minimum Gasteiger partial charge on any atom is -0.390 e. The summed E-state index contributed by atoms with van der Waals surface area (Å²) >= 11 is 0. The number of hydrogen-bond donors (Lipinski definition) is 6. The second-order valence-electron chi connectivity index (χ2n) is 7.11. The van der Waals surface area contributed by atoms with Crippen molar-refractivity contribution < 1.29 is 56.3 Å². The average Bonchev–Trinajstić information content (AvgIpc) is 3.03. The van der Waals surface area contributed by atoms with Crippen molar-refractivity contribution in [1.82, 2.24) is 9.55 Å². The molecule has 2 heterocycles. The van der Waals surface area contributed by atoms with Crippen LogP contribution in [0.3, 0.4) is 0 Å². The summed E-state index contributed by atoms with van der Waals surface area (Å²) in [6, 6.07) is 0. The lowest BCUT2D eigenvalue weighted by atomic mass is 10.1. The first-order valence-electron chi connectivity index (χ1n) is 9.44. The van der Waals surface area contributed by atoms with E-state index in [1.165, 1.54) is 0 Å². The van der Waals surface area contributed by atoms with Gasteiger partial charge in [0.05, 0.1) is 12.7 Å². The highest BCUT2D eigenvalue weighted by molar-refractivity contribution is 7.66. The predicted molar refractivity (Wildman–Crippen MR) is 115 cm³/mol. The summed E-state index contributed by atoms with van der Waals surface area (Å²) in [5.74, 6) is 7.53. The summed E-state index contributed by atoms with van der Waals surface area (Å²) in [6.45, 7) is 0.811. The van der Waals surface area contributed by atoms with Crippen LogP contribution in [0.15, 0.2) is 15.8 Å². The van der Waals surface area contributed by atoms with Crippen LogP contribution in [0.25, 0.3) is 0 Å². The number of aliphatic hydroxyl groups excluding tert-OH is 1. The van der Waals surface area contributed by atoms with Crippen LogP contribution in [-0.4, -0.2) is 53.0 Å². The minimum atomic E-state index is -5.71. The number of H-pyrrole nitrogens is 1. The Balaban J connectivity index is 2.12. The molecule has 0 aliphatic carbocycles. The Morgan fingerprint density at radius 1 is 1.23 bits per heavy atom. The van der Waals surface area contributed by atoms with Gasteiger partial charge in [-0.05, 0) is 0 Å². The van der Waals surface area contributed by atoms with E-state index in [2.05, 4.69) is 30.9 Å². The number of terminal acetylenes is 1. The van der Waals surface area contributed by atoms with Crippen LogP contribution in [0.1, 0.15) is 31.6 Å². The number of phosphoric acid groups is 3. The first kappa shape index (κ1) is 29.4. The molecule has 0 radical (unpaired) electrons. The monoisotopic (exact) mass is 558 g/mol. The van der Waals surface area contributed by atoms with E-state index < -0.39 is 59.8 Å². The highest BCUT2D eigenvalue weighted by Gasteiger charge is 2.43. The Labute approximate surface area is 197 Å². The van der Waals surface area contributed by atoms with Gasteiger partial charge in [-0.1, -0.05) is 18.8 Å². The van der Waals surface area contributed by atoms with E-state index in [1.54, 1.807) is 6.92 Å². The number of ether oxygens (including phenoxy) is 1. The van der Waals surface area contributed by atoms with Gasteiger partial charge in [-0.2, -0.15) is 8.62 Å². The first-order chi connectivity index (χ1) is 16.0. The minimum absolute atomic E-state index is 0.0942. The Bertz CT molecular complexity index is 1300. The molecule has 0 aromatic carbocycles. The molecular weight excluding hydrogens is 537 g/mol. The molecule has 6 N–H and O–H groups in total. The van der Waals surface area contributed by atoms with E-state index in [0.29, 0.717) is 6.42 Å². The predicted octanol–water partition coefficient (Wildman–Crippen LogP) is -0.461. The molecule has 4 unspecified atom stereocenters. The number of phosphoric ester groups is 1. The van der Waals surface area contributed by atoms with Gasteiger partial charge in [0.15, 0.2) is 0 Å². The average molecular weight is 558 g/mol. The number of aromatic nitrogens is 2. The maximum Gasteiger partial charge on any atom is 0.490 e. The van der Waals surface area contributed by atoms with E-state index in [4.69, 9.17) is 25.8 Å². The summed E-state index contributed by atoms with van der Waals surface area (Å²) in [7, 11) is -16.7. The molecule has 2 rings (SSSR count). The van der Waals surface area contributed by atoms with E-state index in [0.717, 1.165) is 10.8 Å². The molecule has 0 amide bonds. The second-order valence-corrected chi connectivity index (χ2v) is 11.5. The largest absolute Gasteiger partial charge is 0.490 e. The molecule has 0 saturated carbocycles. The molecule has 0 spiro atoms. The van der Waals surface area contributed by atoms with Crippen molar-refractivity contribution in [3.63, 3.8) is 0 Å². The molecule has 35 heavy (non-hydrogen) atoms. The lowest BCUT2D eigenvalue weighted by molar-refractivity contribution is -0.0450. The van der Waals surface area contributed by atoms with Crippen LogP contribution < -0.4 is 11.2 Å². The summed E-state index contributed by atoms with van der Waals surface area (Å²) in [4.78, 5) is 62.0. The quantitative estimate of drug-likeness (QED) is 0.166. The Morgan fingerprint density at radius 3 is 2.49 bits per heavy atom. The van der Waals surface area contributed by atoms with Crippen molar-refractivity contribution in [2.45, 2.75) is 38.2 Å². The van der Waals surface area contributed by atoms with Gasteiger partial charge in [0, 0.05) is 25.0 Å². The van der Waals surface area contributed by atoms with Crippen molar-refractivity contribution >= 4 is 23.5 Å². The lowest BCUT2D eigenvalue weighted by Crippen LogP contribution is -2.33. The van der Waals surface area contributed by atoms with Crippen LogP contribution >= 0.6 is 23.5 Å². The summed E-state index contributed by atoms with van der Waals surface area (Å²) < 4.78 is 51.8. The fourth-order valence-electron chi connectivity index (χ4n) is 2.72. The molecule has 1 aromatic rings. The molecule has 19 heteroatoms. The molecule has 0 bridgehead atoms. The molecule has 6 atom stereocenters. The molecule has 1 aromatic heterocycles.